The minimum Gasteiger partial charge on any atom is -0.500 e. The van der Waals surface area contributed by atoms with Crippen molar-refractivity contribution in [3.8, 4) is 5.75 Å². The second kappa shape index (κ2) is 2.94. The highest BCUT2D eigenvalue weighted by Gasteiger charge is 2.18. The second-order valence-corrected chi connectivity index (χ2v) is 2.45. The van der Waals surface area contributed by atoms with Crippen molar-refractivity contribution >= 4 is 17.3 Å². The van der Waals surface area contributed by atoms with E-state index in [4.69, 9.17) is 16.7 Å². The zero-order valence-corrected chi connectivity index (χ0v) is 6.38. The first-order chi connectivity index (χ1) is 5.52. The molecular formula is C6H3ClFNO3. The molecule has 0 fully saturated rings. The van der Waals surface area contributed by atoms with Crippen molar-refractivity contribution in [1.82, 2.24) is 0 Å². The molecule has 0 aliphatic heterocycles. The lowest BCUT2D eigenvalue weighted by molar-refractivity contribution is -0.386. The van der Waals surface area contributed by atoms with Crippen molar-refractivity contribution < 1.29 is 14.4 Å². The number of nitro benzene ring substituents is 1. The quantitative estimate of drug-likeness (QED) is 0.546. The summed E-state index contributed by atoms with van der Waals surface area (Å²) in [7, 11) is 0. The third-order valence-corrected chi connectivity index (χ3v) is 1.42. The van der Waals surface area contributed by atoms with E-state index in [0.717, 1.165) is 12.1 Å². The van der Waals surface area contributed by atoms with Crippen LogP contribution in [0.2, 0.25) is 5.02 Å². The van der Waals surface area contributed by atoms with E-state index >= 15 is 0 Å². The Bertz CT molecular complexity index is 342. The number of rotatable bonds is 1. The fourth-order valence-corrected chi connectivity index (χ4v) is 0.891. The lowest BCUT2D eigenvalue weighted by Gasteiger charge is -1.97. The zero-order valence-electron chi connectivity index (χ0n) is 5.62. The Labute approximate surface area is 71.3 Å². The van der Waals surface area contributed by atoms with Crippen LogP contribution in [-0.4, -0.2) is 10.0 Å². The standard InChI is InChI=1S/C6H3ClFNO3/c7-3-1-4(8)6(10)5(2-3)9(11)12/h1-2,10H. The van der Waals surface area contributed by atoms with Gasteiger partial charge in [-0.05, 0) is 6.07 Å². The Balaban J connectivity index is 3.37. The summed E-state index contributed by atoms with van der Waals surface area (Å²) in [6, 6.07) is 1.67. The van der Waals surface area contributed by atoms with Crippen molar-refractivity contribution in [2.75, 3.05) is 0 Å². The van der Waals surface area contributed by atoms with E-state index < -0.39 is 22.2 Å². The molecule has 0 bridgehead atoms. The average Bonchev–Trinajstić information content (AvgIpc) is 1.96. The number of nitrogens with zero attached hydrogens (tertiary/aromatic N) is 1. The fourth-order valence-electron chi connectivity index (χ4n) is 0.692. The predicted molar refractivity (Wildman–Crippen MR) is 39.7 cm³/mol. The summed E-state index contributed by atoms with van der Waals surface area (Å²) in [5, 5.41) is 18.8. The topological polar surface area (TPSA) is 63.4 Å². The maximum atomic E-state index is 12.6. The van der Waals surface area contributed by atoms with Crippen LogP contribution in [0.1, 0.15) is 0 Å². The minimum absolute atomic E-state index is 0.128. The molecule has 12 heavy (non-hydrogen) atoms. The number of hydrogen-bond donors (Lipinski definition) is 1. The van der Waals surface area contributed by atoms with Gasteiger partial charge < -0.3 is 5.11 Å². The molecule has 0 atom stereocenters. The van der Waals surface area contributed by atoms with E-state index in [0.29, 0.717) is 0 Å². The van der Waals surface area contributed by atoms with Crippen molar-refractivity contribution in [2.24, 2.45) is 0 Å². The molecule has 4 nitrogen and oxygen atoms in total. The highest BCUT2D eigenvalue weighted by Crippen LogP contribution is 2.31. The number of benzene rings is 1. The third-order valence-electron chi connectivity index (χ3n) is 1.20. The van der Waals surface area contributed by atoms with Crippen LogP contribution in [-0.2, 0) is 0 Å². The van der Waals surface area contributed by atoms with E-state index in [1.165, 1.54) is 0 Å². The van der Waals surface area contributed by atoms with Gasteiger partial charge in [-0.1, -0.05) is 11.6 Å². The van der Waals surface area contributed by atoms with E-state index in [1.54, 1.807) is 0 Å². The molecule has 1 rings (SSSR count). The smallest absolute Gasteiger partial charge is 0.315 e. The molecule has 0 amide bonds. The Hall–Kier alpha value is -1.36. The van der Waals surface area contributed by atoms with Crippen LogP contribution in [0, 0.1) is 15.9 Å². The molecule has 0 unspecified atom stereocenters. The van der Waals surface area contributed by atoms with Gasteiger partial charge in [0.2, 0.25) is 5.75 Å². The van der Waals surface area contributed by atoms with Crippen LogP contribution in [0.25, 0.3) is 0 Å². The molecule has 1 N–H and O–H groups in total. The highest BCUT2D eigenvalue weighted by atomic mass is 35.5. The first-order valence-electron chi connectivity index (χ1n) is 2.85. The van der Waals surface area contributed by atoms with Gasteiger partial charge in [-0.15, -0.1) is 0 Å². The van der Waals surface area contributed by atoms with Crippen LogP contribution in [0.4, 0.5) is 10.1 Å². The number of phenols is 1. The highest BCUT2D eigenvalue weighted by molar-refractivity contribution is 6.30. The number of nitro groups is 1. The van der Waals surface area contributed by atoms with Gasteiger partial charge in [0, 0.05) is 6.07 Å². The van der Waals surface area contributed by atoms with Crippen LogP contribution in [0.5, 0.6) is 5.75 Å². The number of aromatic hydroxyl groups is 1. The summed E-state index contributed by atoms with van der Waals surface area (Å²) < 4.78 is 12.6. The van der Waals surface area contributed by atoms with Gasteiger partial charge in [0.1, 0.15) is 0 Å². The second-order valence-electron chi connectivity index (χ2n) is 2.01. The summed E-state index contributed by atoms with van der Waals surface area (Å²) in [6.45, 7) is 0. The summed E-state index contributed by atoms with van der Waals surface area (Å²) in [5.74, 6) is -2.10. The van der Waals surface area contributed by atoms with Crippen LogP contribution in [0.15, 0.2) is 12.1 Å². The van der Waals surface area contributed by atoms with Gasteiger partial charge in [-0.2, -0.15) is 0 Å². The summed E-state index contributed by atoms with van der Waals surface area (Å²) >= 11 is 5.31. The summed E-state index contributed by atoms with van der Waals surface area (Å²) in [5.41, 5.74) is -0.736. The van der Waals surface area contributed by atoms with Gasteiger partial charge in [-0.3, -0.25) is 10.1 Å². The molecule has 1 aromatic carbocycles. The van der Waals surface area contributed by atoms with Gasteiger partial charge in [0.05, 0.1) is 9.95 Å². The summed E-state index contributed by atoms with van der Waals surface area (Å²) in [6.07, 6.45) is 0. The number of hydrogen-bond acceptors (Lipinski definition) is 3. The molecule has 6 heteroatoms. The van der Waals surface area contributed by atoms with Crippen LogP contribution < -0.4 is 0 Å². The Morgan fingerprint density at radius 2 is 2.17 bits per heavy atom. The molecule has 0 spiro atoms. The SMILES string of the molecule is O=[N+]([O-])c1cc(Cl)cc(F)c1O. The Morgan fingerprint density at radius 1 is 1.58 bits per heavy atom. The average molecular weight is 192 g/mol. The first-order valence-corrected chi connectivity index (χ1v) is 3.22. The normalized spacial score (nSPS) is 9.83. The lowest BCUT2D eigenvalue weighted by Crippen LogP contribution is -1.90. The molecule has 0 aromatic heterocycles. The van der Waals surface area contributed by atoms with Crippen molar-refractivity contribution in [2.45, 2.75) is 0 Å². The monoisotopic (exact) mass is 191 g/mol. The third kappa shape index (κ3) is 1.45. The van der Waals surface area contributed by atoms with Crippen molar-refractivity contribution in [3.05, 3.63) is 33.1 Å². The number of phenolic OH excluding ortho intramolecular Hbond substituents is 1. The van der Waals surface area contributed by atoms with E-state index in [-0.39, 0.29) is 5.02 Å². The molecule has 1 aromatic rings. The summed E-state index contributed by atoms with van der Waals surface area (Å²) in [4.78, 5) is 9.23. The maximum absolute atomic E-state index is 12.6. The van der Waals surface area contributed by atoms with Crippen LogP contribution in [0.3, 0.4) is 0 Å². The Morgan fingerprint density at radius 3 is 2.67 bits per heavy atom. The largest absolute Gasteiger partial charge is 0.500 e. The molecule has 0 heterocycles. The van der Waals surface area contributed by atoms with Gasteiger partial charge >= 0.3 is 5.69 Å². The van der Waals surface area contributed by atoms with Gasteiger partial charge in [0.25, 0.3) is 0 Å². The van der Waals surface area contributed by atoms with Gasteiger partial charge in [-0.25, -0.2) is 4.39 Å². The molecule has 0 aliphatic rings. The molecule has 0 saturated heterocycles. The molecule has 0 aliphatic carbocycles. The van der Waals surface area contributed by atoms with E-state index in [2.05, 4.69) is 0 Å². The van der Waals surface area contributed by atoms with Crippen molar-refractivity contribution in [1.29, 1.82) is 0 Å². The van der Waals surface area contributed by atoms with Crippen LogP contribution >= 0.6 is 11.6 Å². The molecular weight excluding hydrogens is 189 g/mol. The van der Waals surface area contributed by atoms with E-state index in [1.807, 2.05) is 0 Å². The van der Waals surface area contributed by atoms with Crippen molar-refractivity contribution in [3.63, 3.8) is 0 Å². The van der Waals surface area contributed by atoms with Gasteiger partial charge in [0.15, 0.2) is 5.82 Å². The molecule has 0 saturated carbocycles. The molecule has 0 radical (unpaired) electrons. The first kappa shape index (κ1) is 8.73. The predicted octanol–water partition coefficient (Wildman–Crippen LogP) is 2.09. The van der Waals surface area contributed by atoms with E-state index in [9.17, 15) is 14.5 Å². The zero-order chi connectivity index (χ0) is 9.30. The molecule has 64 valence electrons. The number of halogens is 2. The Kier molecular flexibility index (Phi) is 2.14. The fraction of sp³-hybridized carbons (Fsp3) is 0. The minimum atomic E-state index is -1.10. The lowest BCUT2D eigenvalue weighted by atomic mass is 10.3. The maximum Gasteiger partial charge on any atom is 0.315 e.